The van der Waals surface area contributed by atoms with E-state index in [2.05, 4.69) is 61.5 Å². The SMILES string of the molecule is CCC(C)Oc1cc(C)ccc1CNC(=NC)NCC1(C)COC1. The van der Waals surface area contributed by atoms with E-state index in [1.165, 1.54) is 5.56 Å². The molecule has 0 amide bonds. The maximum atomic E-state index is 6.07. The summed E-state index contributed by atoms with van der Waals surface area (Å²) in [6.07, 6.45) is 1.20. The van der Waals surface area contributed by atoms with Crippen molar-refractivity contribution in [2.75, 3.05) is 26.8 Å². The number of ether oxygens (including phenoxy) is 2. The minimum atomic E-state index is 0.210. The predicted octanol–water partition coefficient (Wildman–Crippen LogP) is 2.87. The topological polar surface area (TPSA) is 54.9 Å². The van der Waals surface area contributed by atoms with Crippen LogP contribution in [0.1, 0.15) is 38.3 Å². The third-order valence-electron chi connectivity index (χ3n) is 4.38. The van der Waals surface area contributed by atoms with Crippen LogP contribution in [0, 0.1) is 12.3 Å². The zero-order valence-corrected chi connectivity index (χ0v) is 15.6. The van der Waals surface area contributed by atoms with Crippen molar-refractivity contribution >= 4 is 5.96 Å². The normalized spacial score (nSPS) is 17.8. The molecule has 1 heterocycles. The van der Waals surface area contributed by atoms with Gasteiger partial charge in [-0.05, 0) is 31.9 Å². The van der Waals surface area contributed by atoms with Crippen LogP contribution in [-0.4, -0.2) is 38.9 Å². The molecule has 1 unspecified atom stereocenters. The molecule has 0 saturated carbocycles. The molecule has 1 aliphatic rings. The lowest BCUT2D eigenvalue weighted by Crippen LogP contribution is -2.50. The molecule has 2 rings (SSSR count). The zero-order valence-electron chi connectivity index (χ0n) is 15.6. The molecule has 134 valence electrons. The number of nitrogens with zero attached hydrogens (tertiary/aromatic N) is 1. The molecule has 1 fully saturated rings. The molecule has 1 aromatic rings. The molecule has 0 bridgehead atoms. The standard InChI is InChI=1S/C19H31N3O2/c1-6-15(3)24-17-9-14(2)7-8-16(17)10-21-18(20-5)22-11-19(4)12-23-13-19/h7-9,15H,6,10-13H2,1-5H3,(H2,20,21,22). The Morgan fingerprint density at radius 1 is 1.38 bits per heavy atom. The van der Waals surface area contributed by atoms with E-state index >= 15 is 0 Å². The highest BCUT2D eigenvalue weighted by atomic mass is 16.5. The van der Waals surface area contributed by atoms with Crippen LogP contribution in [0.15, 0.2) is 23.2 Å². The van der Waals surface area contributed by atoms with E-state index in [-0.39, 0.29) is 11.5 Å². The van der Waals surface area contributed by atoms with Gasteiger partial charge in [0.2, 0.25) is 0 Å². The molecular weight excluding hydrogens is 302 g/mol. The fraction of sp³-hybridized carbons (Fsp3) is 0.632. The summed E-state index contributed by atoms with van der Waals surface area (Å²) < 4.78 is 11.4. The van der Waals surface area contributed by atoms with Gasteiger partial charge >= 0.3 is 0 Å². The first kappa shape index (κ1) is 18.6. The van der Waals surface area contributed by atoms with Crippen LogP contribution in [-0.2, 0) is 11.3 Å². The minimum absolute atomic E-state index is 0.210. The lowest BCUT2D eigenvalue weighted by atomic mass is 9.89. The molecular formula is C19H31N3O2. The summed E-state index contributed by atoms with van der Waals surface area (Å²) >= 11 is 0. The molecule has 5 heteroatoms. The fourth-order valence-corrected chi connectivity index (χ4v) is 2.47. The molecule has 0 aliphatic carbocycles. The van der Waals surface area contributed by atoms with E-state index in [0.29, 0.717) is 6.54 Å². The van der Waals surface area contributed by atoms with E-state index in [9.17, 15) is 0 Å². The second kappa shape index (κ2) is 8.38. The largest absolute Gasteiger partial charge is 0.490 e. The number of hydrogen-bond acceptors (Lipinski definition) is 3. The maximum absolute atomic E-state index is 6.07. The Morgan fingerprint density at radius 3 is 2.71 bits per heavy atom. The van der Waals surface area contributed by atoms with E-state index < -0.39 is 0 Å². The summed E-state index contributed by atoms with van der Waals surface area (Å²) in [6, 6.07) is 6.34. The Bertz CT molecular complexity index is 568. The maximum Gasteiger partial charge on any atom is 0.191 e. The average molecular weight is 333 g/mol. The Labute approximate surface area is 145 Å². The molecule has 1 atom stereocenters. The monoisotopic (exact) mass is 333 g/mol. The average Bonchev–Trinajstić information content (AvgIpc) is 2.54. The van der Waals surface area contributed by atoms with Gasteiger partial charge in [0.05, 0.1) is 19.3 Å². The van der Waals surface area contributed by atoms with Crippen molar-refractivity contribution in [1.82, 2.24) is 10.6 Å². The van der Waals surface area contributed by atoms with Crippen LogP contribution in [0.25, 0.3) is 0 Å². The Balaban J connectivity index is 1.94. The van der Waals surface area contributed by atoms with Crippen molar-refractivity contribution in [1.29, 1.82) is 0 Å². The second-order valence-electron chi connectivity index (χ2n) is 7.03. The van der Waals surface area contributed by atoms with Gasteiger partial charge in [-0.25, -0.2) is 0 Å². The smallest absolute Gasteiger partial charge is 0.191 e. The van der Waals surface area contributed by atoms with Gasteiger partial charge in [-0.15, -0.1) is 0 Å². The lowest BCUT2D eigenvalue weighted by Gasteiger charge is -2.38. The quantitative estimate of drug-likeness (QED) is 0.595. The van der Waals surface area contributed by atoms with Crippen molar-refractivity contribution in [3.8, 4) is 5.75 Å². The predicted molar refractivity (Wildman–Crippen MR) is 98.7 cm³/mol. The fourth-order valence-electron chi connectivity index (χ4n) is 2.47. The van der Waals surface area contributed by atoms with E-state index in [1.807, 2.05) is 0 Å². The van der Waals surface area contributed by atoms with Crippen molar-refractivity contribution in [3.63, 3.8) is 0 Å². The van der Waals surface area contributed by atoms with Gasteiger partial charge in [0.25, 0.3) is 0 Å². The number of guanidine groups is 1. The van der Waals surface area contributed by atoms with Crippen LogP contribution in [0.5, 0.6) is 5.75 Å². The van der Waals surface area contributed by atoms with Crippen molar-refractivity contribution in [2.24, 2.45) is 10.4 Å². The Hall–Kier alpha value is -1.75. The van der Waals surface area contributed by atoms with Crippen molar-refractivity contribution in [2.45, 2.75) is 46.8 Å². The Kier molecular flexibility index (Phi) is 6.49. The third kappa shape index (κ3) is 5.13. The molecule has 1 aromatic carbocycles. The molecule has 1 aliphatic heterocycles. The highest BCUT2D eigenvalue weighted by Gasteiger charge is 2.33. The van der Waals surface area contributed by atoms with Gasteiger partial charge in [-0.2, -0.15) is 0 Å². The molecule has 5 nitrogen and oxygen atoms in total. The number of aryl methyl sites for hydroxylation is 1. The van der Waals surface area contributed by atoms with Gasteiger partial charge < -0.3 is 20.1 Å². The number of rotatable bonds is 7. The lowest BCUT2D eigenvalue weighted by molar-refractivity contribution is -0.0971. The number of nitrogens with one attached hydrogen (secondary N) is 2. The van der Waals surface area contributed by atoms with Gasteiger partial charge in [0, 0.05) is 31.1 Å². The zero-order chi connectivity index (χ0) is 17.6. The first-order valence-corrected chi connectivity index (χ1v) is 8.74. The molecule has 2 N–H and O–H groups in total. The highest BCUT2D eigenvalue weighted by molar-refractivity contribution is 5.79. The molecule has 0 radical (unpaired) electrons. The van der Waals surface area contributed by atoms with Crippen LogP contribution in [0.4, 0.5) is 0 Å². The minimum Gasteiger partial charge on any atom is -0.490 e. The van der Waals surface area contributed by atoms with Crippen molar-refractivity contribution in [3.05, 3.63) is 29.3 Å². The summed E-state index contributed by atoms with van der Waals surface area (Å²) in [7, 11) is 1.79. The molecule has 24 heavy (non-hydrogen) atoms. The van der Waals surface area contributed by atoms with Gasteiger partial charge in [-0.3, -0.25) is 4.99 Å². The third-order valence-corrected chi connectivity index (χ3v) is 4.38. The first-order chi connectivity index (χ1) is 11.5. The second-order valence-corrected chi connectivity index (χ2v) is 7.03. The van der Waals surface area contributed by atoms with Crippen LogP contribution in [0.2, 0.25) is 0 Å². The van der Waals surface area contributed by atoms with Gasteiger partial charge in [-0.1, -0.05) is 26.0 Å². The number of aliphatic imine (C=N–C) groups is 1. The van der Waals surface area contributed by atoms with E-state index in [0.717, 1.165) is 43.5 Å². The van der Waals surface area contributed by atoms with E-state index in [1.54, 1.807) is 7.05 Å². The number of benzene rings is 1. The summed E-state index contributed by atoms with van der Waals surface area (Å²) in [5.41, 5.74) is 2.56. The number of hydrogen-bond donors (Lipinski definition) is 2. The van der Waals surface area contributed by atoms with Crippen LogP contribution in [0.3, 0.4) is 0 Å². The summed E-state index contributed by atoms with van der Waals surface area (Å²) in [5, 5.41) is 6.76. The van der Waals surface area contributed by atoms with Crippen LogP contribution < -0.4 is 15.4 Å². The first-order valence-electron chi connectivity index (χ1n) is 8.74. The summed E-state index contributed by atoms with van der Waals surface area (Å²) in [6.45, 7) is 11.7. The summed E-state index contributed by atoms with van der Waals surface area (Å²) in [4.78, 5) is 4.30. The van der Waals surface area contributed by atoms with E-state index in [4.69, 9.17) is 9.47 Å². The molecule has 1 saturated heterocycles. The molecule has 0 aromatic heterocycles. The van der Waals surface area contributed by atoms with Crippen molar-refractivity contribution < 1.29 is 9.47 Å². The molecule has 0 spiro atoms. The highest BCUT2D eigenvalue weighted by Crippen LogP contribution is 2.25. The Morgan fingerprint density at radius 2 is 2.12 bits per heavy atom. The van der Waals surface area contributed by atoms with Crippen LogP contribution >= 0.6 is 0 Å². The van der Waals surface area contributed by atoms with Gasteiger partial charge in [0.1, 0.15) is 5.75 Å². The van der Waals surface area contributed by atoms with Gasteiger partial charge in [0.15, 0.2) is 5.96 Å². The summed E-state index contributed by atoms with van der Waals surface area (Å²) in [5.74, 6) is 1.75.